The highest BCUT2D eigenvalue weighted by Crippen LogP contribution is 2.18. The quantitative estimate of drug-likeness (QED) is 0.835. The maximum atomic E-state index is 12.3. The minimum atomic E-state index is -0.440. The van der Waals surface area contributed by atoms with Crippen LogP contribution < -0.4 is 4.90 Å². The Morgan fingerprint density at radius 2 is 1.95 bits per heavy atom. The molecule has 0 aliphatic carbocycles. The van der Waals surface area contributed by atoms with Gasteiger partial charge in [-0.25, -0.2) is 4.79 Å². The fourth-order valence-corrected chi connectivity index (χ4v) is 2.08. The molecular formula is C18H18N2O2. The van der Waals surface area contributed by atoms with Gasteiger partial charge in [0.15, 0.2) is 0 Å². The van der Waals surface area contributed by atoms with Crippen LogP contribution in [0.1, 0.15) is 17.5 Å². The third-order valence-electron chi connectivity index (χ3n) is 3.19. The van der Waals surface area contributed by atoms with E-state index in [9.17, 15) is 4.79 Å². The van der Waals surface area contributed by atoms with Gasteiger partial charge in [0, 0.05) is 12.2 Å². The second kappa shape index (κ2) is 7.84. The molecule has 112 valence electrons. The summed E-state index contributed by atoms with van der Waals surface area (Å²) in [5, 5.41) is 8.78. The number of nitrogens with zero attached hydrogens (tertiary/aromatic N) is 2. The van der Waals surface area contributed by atoms with Crippen molar-refractivity contribution in [2.24, 2.45) is 0 Å². The number of hydrogen-bond acceptors (Lipinski definition) is 3. The van der Waals surface area contributed by atoms with Gasteiger partial charge >= 0.3 is 6.09 Å². The van der Waals surface area contributed by atoms with Crippen LogP contribution in [0.4, 0.5) is 10.5 Å². The van der Waals surface area contributed by atoms with Gasteiger partial charge < -0.3 is 4.74 Å². The Kier molecular flexibility index (Phi) is 5.56. The number of rotatable bonds is 5. The van der Waals surface area contributed by atoms with Crippen molar-refractivity contribution in [2.45, 2.75) is 20.0 Å². The first-order valence-electron chi connectivity index (χ1n) is 7.12. The van der Waals surface area contributed by atoms with E-state index in [-0.39, 0.29) is 13.0 Å². The number of amides is 1. The van der Waals surface area contributed by atoms with Gasteiger partial charge in [0.05, 0.1) is 12.5 Å². The fourth-order valence-electron chi connectivity index (χ4n) is 2.08. The lowest BCUT2D eigenvalue weighted by Gasteiger charge is -2.21. The summed E-state index contributed by atoms with van der Waals surface area (Å²) >= 11 is 0. The van der Waals surface area contributed by atoms with Crippen LogP contribution in [0.15, 0.2) is 54.6 Å². The predicted octanol–water partition coefficient (Wildman–Crippen LogP) is 4.05. The molecule has 0 bridgehead atoms. The zero-order valence-electron chi connectivity index (χ0n) is 12.5. The van der Waals surface area contributed by atoms with E-state index in [1.54, 1.807) is 0 Å². The molecular weight excluding hydrogens is 276 g/mol. The molecule has 0 saturated carbocycles. The third kappa shape index (κ3) is 4.35. The van der Waals surface area contributed by atoms with E-state index in [1.807, 2.05) is 61.5 Å². The van der Waals surface area contributed by atoms with E-state index in [4.69, 9.17) is 10.00 Å². The Balaban J connectivity index is 2.08. The van der Waals surface area contributed by atoms with Gasteiger partial charge in [0.25, 0.3) is 0 Å². The first-order valence-corrected chi connectivity index (χ1v) is 7.12. The lowest BCUT2D eigenvalue weighted by Crippen LogP contribution is -2.32. The average Bonchev–Trinajstić information content (AvgIpc) is 2.54. The molecule has 0 spiro atoms. The molecule has 0 heterocycles. The number of carbonyl (C=O) groups is 1. The molecule has 4 nitrogen and oxygen atoms in total. The van der Waals surface area contributed by atoms with Crippen molar-refractivity contribution in [1.29, 1.82) is 5.26 Å². The van der Waals surface area contributed by atoms with Gasteiger partial charge in [-0.2, -0.15) is 5.26 Å². The molecule has 0 aliphatic heterocycles. The topological polar surface area (TPSA) is 53.3 Å². The summed E-state index contributed by atoms with van der Waals surface area (Å²) in [7, 11) is 0. The van der Waals surface area contributed by atoms with Crippen LogP contribution in [0, 0.1) is 18.3 Å². The number of nitriles is 1. The summed E-state index contributed by atoms with van der Waals surface area (Å²) in [6.07, 6.45) is -0.182. The molecule has 0 fully saturated rings. The summed E-state index contributed by atoms with van der Waals surface area (Å²) < 4.78 is 5.36. The monoisotopic (exact) mass is 294 g/mol. The molecule has 1 amide bonds. The molecule has 0 radical (unpaired) electrons. The van der Waals surface area contributed by atoms with Gasteiger partial charge in [-0.15, -0.1) is 0 Å². The van der Waals surface area contributed by atoms with Gasteiger partial charge in [0.1, 0.15) is 6.61 Å². The summed E-state index contributed by atoms with van der Waals surface area (Å²) in [5.41, 5.74) is 2.73. The molecule has 0 N–H and O–H groups in total. The van der Waals surface area contributed by atoms with E-state index in [1.165, 1.54) is 4.90 Å². The van der Waals surface area contributed by atoms with Gasteiger partial charge in [0.2, 0.25) is 0 Å². The zero-order valence-corrected chi connectivity index (χ0v) is 12.5. The molecule has 2 rings (SSSR count). The number of ether oxygens (including phenoxy) is 1. The highest BCUT2D eigenvalue weighted by molar-refractivity contribution is 5.87. The number of hydrogen-bond donors (Lipinski definition) is 0. The number of anilines is 1. The third-order valence-corrected chi connectivity index (χ3v) is 3.19. The smallest absolute Gasteiger partial charge is 0.414 e. The standard InChI is InChI=1S/C18H18N2O2/c1-15-7-5-10-17(13-15)20(12-6-11-19)18(21)22-14-16-8-3-2-4-9-16/h2-5,7-10,13H,6,12,14H2,1H3. The number of benzene rings is 2. The van der Waals surface area contributed by atoms with E-state index >= 15 is 0 Å². The zero-order chi connectivity index (χ0) is 15.8. The molecule has 4 heteroatoms. The predicted molar refractivity (Wildman–Crippen MR) is 85.4 cm³/mol. The Morgan fingerprint density at radius 1 is 1.18 bits per heavy atom. The number of carbonyl (C=O) groups excluding carboxylic acids is 1. The minimum absolute atomic E-state index is 0.217. The first kappa shape index (κ1) is 15.6. The van der Waals surface area contributed by atoms with Crippen LogP contribution in [0.3, 0.4) is 0 Å². The Labute approximate surface area is 130 Å². The van der Waals surface area contributed by atoms with E-state index in [2.05, 4.69) is 6.07 Å². The average molecular weight is 294 g/mol. The molecule has 2 aromatic carbocycles. The highest BCUT2D eigenvalue weighted by atomic mass is 16.6. The largest absolute Gasteiger partial charge is 0.444 e. The van der Waals surface area contributed by atoms with E-state index < -0.39 is 6.09 Å². The maximum absolute atomic E-state index is 12.3. The second-order valence-electron chi connectivity index (χ2n) is 4.94. The van der Waals surface area contributed by atoms with Gasteiger partial charge in [-0.1, -0.05) is 42.5 Å². The Morgan fingerprint density at radius 3 is 2.64 bits per heavy atom. The molecule has 22 heavy (non-hydrogen) atoms. The molecule has 2 aromatic rings. The lowest BCUT2D eigenvalue weighted by molar-refractivity contribution is 0.147. The van der Waals surface area contributed by atoms with Crippen molar-refractivity contribution in [3.05, 3.63) is 65.7 Å². The van der Waals surface area contributed by atoms with Crippen molar-refractivity contribution < 1.29 is 9.53 Å². The Hall–Kier alpha value is -2.80. The van der Waals surface area contributed by atoms with Crippen LogP contribution in [0.25, 0.3) is 0 Å². The van der Waals surface area contributed by atoms with Crippen molar-refractivity contribution in [3.63, 3.8) is 0 Å². The summed E-state index contributed by atoms with van der Waals surface area (Å²) in [4.78, 5) is 13.8. The molecule has 0 saturated heterocycles. The van der Waals surface area contributed by atoms with E-state index in [0.29, 0.717) is 6.54 Å². The van der Waals surface area contributed by atoms with Crippen molar-refractivity contribution in [3.8, 4) is 6.07 Å². The number of aryl methyl sites for hydroxylation is 1. The van der Waals surface area contributed by atoms with Crippen LogP contribution in [0.2, 0.25) is 0 Å². The maximum Gasteiger partial charge on any atom is 0.414 e. The lowest BCUT2D eigenvalue weighted by atomic mass is 10.2. The summed E-state index contributed by atoms with van der Waals surface area (Å²) in [6, 6.07) is 19.2. The minimum Gasteiger partial charge on any atom is -0.444 e. The van der Waals surface area contributed by atoms with Gasteiger partial charge in [-0.05, 0) is 30.2 Å². The first-order chi connectivity index (χ1) is 10.7. The van der Waals surface area contributed by atoms with Crippen LogP contribution in [0.5, 0.6) is 0 Å². The molecule has 0 unspecified atom stereocenters. The summed E-state index contributed by atoms with van der Waals surface area (Å²) in [6.45, 7) is 2.49. The molecule has 0 aliphatic rings. The summed E-state index contributed by atoms with van der Waals surface area (Å²) in [5.74, 6) is 0. The van der Waals surface area contributed by atoms with E-state index in [0.717, 1.165) is 16.8 Å². The van der Waals surface area contributed by atoms with Crippen LogP contribution in [-0.4, -0.2) is 12.6 Å². The second-order valence-corrected chi connectivity index (χ2v) is 4.94. The van der Waals surface area contributed by atoms with Crippen LogP contribution in [-0.2, 0) is 11.3 Å². The molecule has 0 atom stereocenters. The fraction of sp³-hybridized carbons (Fsp3) is 0.222. The van der Waals surface area contributed by atoms with Crippen LogP contribution >= 0.6 is 0 Å². The van der Waals surface area contributed by atoms with Crippen molar-refractivity contribution in [1.82, 2.24) is 0 Å². The van der Waals surface area contributed by atoms with Crippen molar-refractivity contribution >= 4 is 11.8 Å². The van der Waals surface area contributed by atoms with Gasteiger partial charge in [-0.3, -0.25) is 4.90 Å². The van der Waals surface area contributed by atoms with Crippen molar-refractivity contribution in [2.75, 3.05) is 11.4 Å². The molecule has 0 aromatic heterocycles. The normalized spacial score (nSPS) is 9.82. The Bertz CT molecular complexity index is 662. The SMILES string of the molecule is Cc1cccc(N(CCC#N)C(=O)OCc2ccccc2)c1. The highest BCUT2D eigenvalue weighted by Gasteiger charge is 2.17.